The molecule has 0 unspecified atom stereocenters. The van der Waals surface area contributed by atoms with Gasteiger partial charge in [0.2, 0.25) is 10.0 Å². The summed E-state index contributed by atoms with van der Waals surface area (Å²) in [4.78, 5) is 2.32. The van der Waals surface area contributed by atoms with E-state index in [-0.39, 0.29) is 4.90 Å². The number of hydrogen-bond donors (Lipinski definition) is 0. The van der Waals surface area contributed by atoms with Gasteiger partial charge in [-0.2, -0.15) is 4.31 Å². The molecule has 1 saturated heterocycles. The first kappa shape index (κ1) is 19.6. The summed E-state index contributed by atoms with van der Waals surface area (Å²) in [5.74, 6) is 1.02. The Hall–Kier alpha value is -1.68. The zero-order valence-electron chi connectivity index (χ0n) is 15.1. The number of rotatable bonds is 4. The third-order valence-corrected chi connectivity index (χ3v) is 7.54. The lowest BCUT2D eigenvalue weighted by Gasteiger charge is -2.34. The van der Waals surface area contributed by atoms with Crippen molar-refractivity contribution in [1.82, 2.24) is 9.21 Å². The maximum atomic E-state index is 13.1. The highest BCUT2D eigenvalue weighted by atomic mass is 79.9. The summed E-state index contributed by atoms with van der Waals surface area (Å²) in [6.45, 7) is 3.77. The number of fused-ring (bicyclic) bond motifs is 1. The number of sulfonamides is 1. The molecule has 1 fully saturated rings. The minimum absolute atomic E-state index is 0.122. The van der Waals surface area contributed by atoms with Crippen molar-refractivity contribution >= 4 is 26.0 Å². The average molecular weight is 471 g/mol. The second-order valence-electron chi connectivity index (χ2n) is 6.72. The normalized spacial score (nSPS) is 18.2. The third kappa shape index (κ3) is 4.03. The van der Waals surface area contributed by atoms with Crippen LogP contribution in [-0.2, 0) is 16.6 Å². The number of hydrogen-bond acceptors (Lipinski definition) is 5. The summed E-state index contributed by atoms with van der Waals surface area (Å²) in [5.41, 5.74) is 1.07. The van der Waals surface area contributed by atoms with Gasteiger partial charge in [-0.05, 0) is 42.0 Å². The van der Waals surface area contributed by atoms with Crippen LogP contribution in [-0.4, -0.2) is 57.0 Å². The van der Waals surface area contributed by atoms with Crippen molar-refractivity contribution in [2.45, 2.75) is 11.4 Å². The highest BCUT2D eigenvalue weighted by Crippen LogP contribution is 2.36. The first-order valence-electron chi connectivity index (χ1n) is 8.99. The Balaban J connectivity index is 1.41. The molecule has 28 heavy (non-hydrogen) atoms. The van der Waals surface area contributed by atoms with Crippen molar-refractivity contribution in [2.24, 2.45) is 0 Å². The Kier molecular flexibility index (Phi) is 5.59. The molecule has 0 N–H and O–H groups in total. The van der Waals surface area contributed by atoms with Gasteiger partial charge in [-0.25, -0.2) is 12.8 Å². The van der Waals surface area contributed by atoms with E-state index in [9.17, 15) is 12.8 Å². The van der Waals surface area contributed by atoms with E-state index in [1.54, 1.807) is 0 Å². The number of ether oxygens (including phenoxy) is 2. The number of nitrogens with zero attached hydrogens (tertiary/aromatic N) is 2. The van der Waals surface area contributed by atoms with Gasteiger partial charge in [0.05, 0.1) is 4.90 Å². The monoisotopic (exact) mass is 470 g/mol. The zero-order chi connectivity index (χ0) is 19.7. The Labute approximate surface area is 172 Å². The van der Waals surface area contributed by atoms with Gasteiger partial charge in [0.1, 0.15) is 19.0 Å². The van der Waals surface area contributed by atoms with Gasteiger partial charge in [-0.1, -0.05) is 15.9 Å². The molecule has 2 aromatic carbocycles. The van der Waals surface area contributed by atoms with Crippen molar-refractivity contribution in [3.63, 3.8) is 0 Å². The quantitative estimate of drug-likeness (QED) is 0.687. The number of benzene rings is 2. The molecule has 2 aliphatic rings. The summed E-state index contributed by atoms with van der Waals surface area (Å²) in [7, 11) is -3.60. The van der Waals surface area contributed by atoms with E-state index in [2.05, 4.69) is 20.8 Å². The van der Waals surface area contributed by atoms with Gasteiger partial charge in [0, 0.05) is 37.2 Å². The lowest BCUT2D eigenvalue weighted by molar-refractivity contribution is 0.168. The Bertz CT molecular complexity index is 961. The van der Waals surface area contributed by atoms with Crippen LogP contribution in [0, 0.1) is 5.82 Å². The second-order valence-corrected chi connectivity index (χ2v) is 9.51. The van der Waals surface area contributed by atoms with Gasteiger partial charge in [-0.15, -0.1) is 0 Å². The first-order valence-corrected chi connectivity index (χ1v) is 11.2. The highest BCUT2D eigenvalue weighted by Gasteiger charge is 2.29. The van der Waals surface area contributed by atoms with Crippen molar-refractivity contribution in [2.75, 3.05) is 39.4 Å². The lowest BCUT2D eigenvalue weighted by Crippen LogP contribution is -2.48. The van der Waals surface area contributed by atoms with Crippen LogP contribution in [0.5, 0.6) is 11.5 Å². The first-order chi connectivity index (χ1) is 13.4. The molecule has 2 heterocycles. The molecule has 4 rings (SSSR count). The number of halogens is 2. The third-order valence-electron chi connectivity index (χ3n) is 4.89. The van der Waals surface area contributed by atoms with Crippen LogP contribution in [0.1, 0.15) is 5.56 Å². The van der Waals surface area contributed by atoms with E-state index in [1.807, 2.05) is 12.1 Å². The van der Waals surface area contributed by atoms with E-state index in [4.69, 9.17) is 9.47 Å². The summed E-state index contributed by atoms with van der Waals surface area (Å²) in [6.07, 6.45) is 0. The van der Waals surface area contributed by atoms with Crippen molar-refractivity contribution in [1.29, 1.82) is 0 Å². The van der Waals surface area contributed by atoms with Crippen LogP contribution in [0.3, 0.4) is 0 Å². The van der Waals surface area contributed by atoms with Gasteiger partial charge in [-0.3, -0.25) is 4.90 Å². The molecule has 0 atom stereocenters. The van der Waals surface area contributed by atoms with Gasteiger partial charge >= 0.3 is 0 Å². The SMILES string of the molecule is O=S(=O)(c1ccc(F)cc1)N1CCN(Cc2cc3c(cc2Br)OCCO3)CC1. The zero-order valence-corrected chi connectivity index (χ0v) is 17.5. The molecule has 150 valence electrons. The fraction of sp³-hybridized carbons (Fsp3) is 0.368. The summed E-state index contributed by atoms with van der Waals surface area (Å²) >= 11 is 3.58. The van der Waals surface area contributed by atoms with Crippen LogP contribution in [0.2, 0.25) is 0 Å². The van der Waals surface area contributed by atoms with E-state index in [1.165, 1.54) is 28.6 Å². The summed E-state index contributed by atoms with van der Waals surface area (Å²) < 4.78 is 52.2. The molecular weight excluding hydrogens is 451 g/mol. The molecule has 0 amide bonds. The number of piperazine rings is 1. The van der Waals surface area contributed by atoms with Crippen molar-refractivity contribution in [3.05, 3.63) is 52.3 Å². The average Bonchev–Trinajstić information content (AvgIpc) is 2.69. The van der Waals surface area contributed by atoms with E-state index < -0.39 is 15.8 Å². The molecule has 0 saturated carbocycles. The minimum Gasteiger partial charge on any atom is -0.486 e. The summed E-state index contributed by atoms with van der Waals surface area (Å²) in [6, 6.07) is 8.84. The van der Waals surface area contributed by atoms with Crippen molar-refractivity contribution < 1.29 is 22.3 Å². The highest BCUT2D eigenvalue weighted by molar-refractivity contribution is 9.10. The smallest absolute Gasteiger partial charge is 0.243 e. The molecule has 0 radical (unpaired) electrons. The van der Waals surface area contributed by atoms with Crippen LogP contribution < -0.4 is 9.47 Å². The predicted molar refractivity (Wildman–Crippen MR) is 106 cm³/mol. The molecular formula is C19H20BrFN2O4S. The van der Waals surface area contributed by atoms with Crippen LogP contribution in [0.15, 0.2) is 45.8 Å². The Morgan fingerprint density at radius 3 is 2.21 bits per heavy atom. The molecule has 0 spiro atoms. The minimum atomic E-state index is -3.60. The van der Waals surface area contributed by atoms with Crippen LogP contribution in [0.25, 0.3) is 0 Å². The van der Waals surface area contributed by atoms with Crippen LogP contribution >= 0.6 is 15.9 Å². The van der Waals surface area contributed by atoms with E-state index in [0.717, 1.165) is 21.5 Å². The Morgan fingerprint density at radius 1 is 0.964 bits per heavy atom. The maximum Gasteiger partial charge on any atom is 0.243 e. The molecule has 2 aromatic rings. The van der Waals surface area contributed by atoms with Crippen molar-refractivity contribution in [3.8, 4) is 11.5 Å². The fourth-order valence-corrected chi connectivity index (χ4v) is 5.22. The molecule has 0 aliphatic carbocycles. The van der Waals surface area contributed by atoms with Gasteiger partial charge in [0.15, 0.2) is 11.5 Å². The standard InChI is InChI=1S/C19H20BrFN2O4S/c20-17-12-19-18(26-9-10-27-19)11-14(17)13-22-5-7-23(8-6-22)28(24,25)16-3-1-15(21)2-4-16/h1-4,11-12H,5-10,13H2. The molecule has 0 aromatic heterocycles. The topological polar surface area (TPSA) is 59.1 Å². The van der Waals surface area contributed by atoms with E-state index >= 15 is 0 Å². The lowest BCUT2D eigenvalue weighted by atomic mass is 10.1. The molecule has 9 heteroatoms. The van der Waals surface area contributed by atoms with Gasteiger partial charge < -0.3 is 9.47 Å². The fourth-order valence-electron chi connectivity index (χ4n) is 3.35. The molecule has 0 bridgehead atoms. The second kappa shape index (κ2) is 7.98. The van der Waals surface area contributed by atoms with E-state index in [0.29, 0.717) is 45.9 Å². The van der Waals surface area contributed by atoms with Gasteiger partial charge in [0.25, 0.3) is 0 Å². The molecule has 2 aliphatic heterocycles. The Morgan fingerprint density at radius 2 is 1.57 bits per heavy atom. The maximum absolute atomic E-state index is 13.1. The van der Waals surface area contributed by atoms with Crippen LogP contribution in [0.4, 0.5) is 4.39 Å². The molecule has 6 nitrogen and oxygen atoms in total. The largest absolute Gasteiger partial charge is 0.486 e. The summed E-state index contributed by atoms with van der Waals surface area (Å²) in [5, 5.41) is 0. The predicted octanol–water partition coefficient (Wildman–Crippen LogP) is 2.87.